The van der Waals surface area contributed by atoms with Crippen molar-refractivity contribution in [3.63, 3.8) is 0 Å². The summed E-state index contributed by atoms with van der Waals surface area (Å²) < 4.78 is 1.49. The molecule has 0 saturated heterocycles. The first-order valence-corrected chi connectivity index (χ1v) is 9.93. The summed E-state index contributed by atoms with van der Waals surface area (Å²) in [5.74, 6) is -0.139. The number of aromatic nitrogens is 1. The monoisotopic (exact) mass is 400 g/mol. The summed E-state index contributed by atoms with van der Waals surface area (Å²) in [4.78, 5) is 25.6. The fourth-order valence-electron chi connectivity index (χ4n) is 3.78. The summed E-state index contributed by atoms with van der Waals surface area (Å²) in [5, 5.41) is 16.3. The van der Waals surface area contributed by atoms with Crippen LogP contribution in [0.2, 0.25) is 0 Å². The lowest BCUT2D eigenvalue weighted by Crippen LogP contribution is -2.32. The SMILES string of the molecule is CC(C)(O)Cn1ccc2c(NC(=O)Cc3cccc4ccccc34)cccc2c1=O. The van der Waals surface area contributed by atoms with E-state index in [9.17, 15) is 14.7 Å². The summed E-state index contributed by atoms with van der Waals surface area (Å²) >= 11 is 0. The first kappa shape index (κ1) is 19.9. The van der Waals surface area contributed by atoms with Gasteiger partial charge in [0.2, 0.25) is 5.91 Å². The minimum Gasteiger partial charge on any atom is -0.389 e. The van der Waals surface area contributed by atoms with Crippen molar-refractivity contribution in [1.82, 2.24) is 4.57 Å². The number of nitrogens with zero attached hydrogens (tertiary/aromatic N) is 1. The van der Waals surface area contributed by atoms with E-state index in [1.165, 1.54) is 4.57 Å². The van der Waals surface area contributed by atoms with Gasteiger partial charge in [-0.15, -0.1) is 0 Å². The van der Waals surface area contributed by atoms with Gasteiger partial charge in [-0.3, -0.25) is 9.59 Å². The molecule has 2 N–H and O–H groups in total. The van der Waals surface area contributed by atoms with E-state index in [1.807, 2.05) is 42.5 Å². The Kier molecular flexibility index (Phi) is 5.14. The molecule has 0 fully saturated rings. The van der Waals surface area contributed by atoms with Crippen molar-refractivity contribution in [2.24, 2.45) is 0 Å². The fourth-order valence-corrected chi connectivity index (χ4v) is 3.78. The topological polar surface area (TPSA) is 71.3 Å². The number of anilines is 1. The summed E-state index contributed by atoms with van der Waals surface area (Å²) in [5.41, 5.74) is 0.366. The lowest BCUT2D eigenvalue weighted by atomic mass is 10.0. The van der Waals surface area contributed by atoms with Gasteiger partial charge in [0.15, 0.2) is 0 Å². The number of aliphatic hydroxyl groups is 1. The molecule has 0 aliphatic rings. The van der Waals surface area contributed by atoms with Crippen LogP contribution in [-0.2, 0) is 17.8 Å². The maximum atomic E-state index is 12.8. The lowest BCUT2D eigenvalue weighted by Gasteiger charge is -2.19. The maximum absolute atomic E-state index is 12.8. The Labute approximate surface area is 174 Å². The van der Waals surface area contributed by atoms with E-state index in [2.05, 4.69) is 5.32 Å². The maximum Gasteiger partial charge on any atom is 0.258 e. The van der Waals surface area contributed by atoms with Crippen LogP contribution in [0.1, 0.15) is 19.4 Å². The van der Waals surface area contributed by atoms with Gasteiger partial charge in [-0.2, -0.15) is 0 Å². The van der Waals surface area contributed by atoms with Crippen LogP contribution in [0.3, 0.4) is 0 Å². The third kappa shape index (κ3) is 4.11. The quantitative estimate of drug-likeness (QED) is 0.530. The molecule has 5 nitrogen and oxygen atoms in total. The molecule has 1 heterocycles. The molecule has 0 atom stereocenters. The number of rotatable bonds is 5. The van der Waals surface area contributed by atoms with Crippen LogP contribution >= 0.6 is 0 Å². The van der Waals surface area contributed by atoms with Crippen molar-refractivity contribution >= 4 is 33.1 Å². The highest BCUT2D eigenvalue weighted by molar-refractivity contribution is 6.03. The molecule has 0 saturated carbocycles. The number of hydrogen-bond acceptors (Lipinski definition) is 3. The zero-order valence-corrected chi connectivity index (χ0v) is 17.1. The average molecular weight is 400 g/mol. The first-order valence-electron chi connectivity index (χ1n) is 9.93. The van der Waals surface area contributed by atoms with E-state index in [0.29, 0.717) is 16.5 Å². The average Bonchev–Trinajstić information content (AvgIpc) is 2.70. The predicted molar refractivity (Wildman–Crippen MR) is 121 cm³/mol. The number of carbonyl (C=O) groups excluding carboxylic acids is 1. The Morgan fingerprint density at radius 2 is 1.63 bits per heavy atom. The zero-order chi connectivity index (χ0) is 21.3. The molecule has 0 aliphatic carbocycles. The largest absolute Gasteiger partial charge is 0.389 e. The molecule has 30 heavy (non-hydrogen) atoms. The van der Waals surface area contributed by atoms with Crippen LogP contribution in [-0.4, -0.2) is 21.2 Å². The van der Waals surface area contributed by atoms with Crippen LogP contribution < -0.4 is 10.9 Å². The summed E-state index contributed by atoms with van der Waals surface area (Å²) in [6.45, 7) is 3.51. The van der Waals surface area contributed by atoms with Crippen molar-refractivity contribution in [1.29, 1.82) is 0 Å². The molecule has 1 amide bonds. The van der Waals surface area contributed by atoms with Gasteiger partial charge in [0.05, 0.1) is 18.6 Å². The minimum absolute atomic E-state index is 0.139. The van der Waals surface area contributed by atoms with Crippen LogP contribution in [0.5, 0.6) is 0 Å². The Bertz CT molecular complexity index is 1290. The second-order valence-corrected chi connectivity index (χ2v) is 8.19. The van der Waals surface area contributed by atoms with Crippen LogP contribution in [0, 0.1) is 0 Å². The van der Waals surface area contributed by atoms with Gasteiger partial charge in [0.1, 0.15) is 0 Å². The Balaban J connectivity index is 1.63. The van der Waals surface area contributed by atoms with Crippen LogP contribution in [0.25, 0.3) is 21.5 Å². The zero-order valence-electron chi connectivity index (χ0n) is 17.1. The summed E-state index contributed by atoms with van der Waals surface area (Å²) in [6, 6.07) is 21.0. The van der Waals surface area contributed by atoms with Crippen molar-refractivity contribution < 1.29 is 9.90 Å². The van der Waals surface area contributed by atoms with Gasteiger partial charge < -0.3 is 15.0 Å². The highest BCUT2D eigenvalue weighted by Gasteiger charge is 2.16. The summed E-state index contributed by atoms with van der Waals surface area (Å²) in [7, 11) is 0. The van der Waals surface area contributed by atoms with E-state index in [1.54, 1.807) is 44.3 Å². The van der Waals surface area contributed by atoms with E-state index >= 15 is 0 Å². The van der Waals surface area contributed by atoms with E-state index in [4.69, 9.17) is 0 Å². The Hall–Kier alpha value is -3.44. The Morgan fingerprint density at radius 1 is 0.933 bits per heavy atom. The fraction of sp³-hybridized carbons (Fsp3) is 0.200. The third-order valence-electron chi connectivity index (χ3n) is 5.08. The number of benzene rings is 3. The molecule has 1 aromatic heterocycles. The summed E-state index contributed by atoms with van der Waals surface area (Å²) in [6.07, 6.45) is 1.90. The molecule has 4 rings (SSSR count). The smallest absolute Gasteiger partial charge is 0.258 e. The van der Waals surface area contributed by atoms with Crippen molar-refractivity contribution in [3.8, 4) is 0 Å². The van der Waals surface area contributed by atoms with E-state index in [-0.39, 0.29) is 24.4 Å². The van der Waals surface area contributed by atoms with Gasteiger partial charge in [-0.1, -0.05) is 48.5 Å². The van der Waals surface area contributed by atoms with Gasteiger partial charge >= 0.3 is 0 Å². The molecule has 5 heteroatoms. The van der Waals surface area contributed by atoms with Gasteiger partial charge in [0, 0.05) is 22.7 Å². The van der Waals surface area contributed by atoms with Crippen molar-refractivity contribution in [2.45, 2.75) is 32.4 Å². The van der Waals surface area contributed by atoms with Crippen LogP contribution in [0.4, 0.5) is 5.69 Å². The molecule has 0 bridgehead atoms. The number of pyridine rings is 1. The Morgan fingerprint density at radius 3 is 2.43 bits per heavy atom. The molecular weight excluding hydrogens is 376 g/mol. The molecule has 0 unspecified atom stereocenters. The molecule has 152 valence electrons. The second kappa shape index (κ2) is 7.76. The second-order valence-electron chi connectivity index (χ2n) is 8.19. The van der Waals surface area contributed by atoms with Gasteiger partial charge in [0.25, 0.3) is 5.56 Å². The number of carbonyl (C=O) groups is 1. The van der Waals surface area contributed by atoms with Crippen molar-refractivity contribution in [3.05, 3.63) is 88.8 Å². The number of hydrogen-bond donors (Lipinski definition) is 2. The minimum atomic E-state index is -0.998. The van der Waals surface area contributed by atoms with E-state index < -0.39 is 5.60 Å². The number of nitrogens with one attached hydrogen (secondary N) is 1. The molecule has 4 aromatic rings. The standard InChI is InChI=1S/C25H24N2O3/c1-25(2,30)16-27-14-13-20-21(24(27)29)11-6-12-22(20)26-23(28)15-18-9-5-8-17-7-3-4-10-19(17)18/h3-14,30H,15-16H2,1-2H3,(H,26,28). The molecular formula is C25H24N2O3. The highest BCUT2D eigenvalue weighted by Crippen LogP contribution is 2.23. The predicted octanol–water partition coefficient (Wildman–Crippen LogP) is 4.11. The molecule has 0 radical (unpaired) electrons. The van der Waals surface area contributed by atoms with Gasteiger partial charge in [-0.25, -0.2) is 0 Å². The third-order valence-corrected chi connectivity index (χ3v) is 5.08. The normalized spacial score (nSPS) is 11.7. The van der Waals surface area contributed by atoms with E-state index in [0.717, 1.165) is 16.3 Å². The molecule has 0 aliphatic heterocycles. The highest BCUT2D eigenvalue weighted by atomic mass is 16.3. The lowest BCUT2D eigenvalue weighted by molar-refractivity contribution is -0.115. The van der Waals surface area contributed by atoms with Crippen molar-refractivity contribution in [2.75, 3.05) is 5.32 Å². The number of amides is 1. The van der Waals surface area contributed by atoms with Crippen LogP contribution in [0.15, 0.2) is 77.7 Å². The number of fused-ring (bicyclic) bond motifs is 2. The molecule has 3 aromatic carbocycles. The molecule has 0 spiro atoms. The first-order chi connectivity index (χ1) is 14.3. The van der Waals surface area contributed by atoms with Gasteiger partial charge in [-0.05, 0) is 48.4 Å².